The third-order valence-corrected chi connectivity index (χ3v) is 5.20. The molecule has 2 aliphatic rings. The first-order valence-electron chi connectivity index (χ1n) is 7.60. The van der Waals surface area contributed by atoms with Gasteiger partial charge in [0.25, 0.3) is 0 Å². The van der Waals surface area contributed by atoms with Crippen LogP contribution < -0.4 is 14.8 Å². The number of hydrogen-bond donors (Lipinski definition) is 1. The molecule has 1 aliphatic heterocycles. The molecule has 116 valence electrons. The van der Waals surface area contributed by atoms with Gasteiger partial charge in [-0.25, -0.2) is 0 Å². The van der Waals surface area contributed by atoms with E-state index in [1.165, 1.54) is 18.4 Å². The Hall–Kier alpha value is -0.780. The van der Waals surface area contributed by atoms with Crippen LogP contribution in [0.1, 0.15) is 24.4 Å². The second kappa shape index (κ2) is 6.55. The van der Waals surface area contributed by atoms with Crippen LogP contribution in [0.25, 0.3) is 0 Å². The van der Waals surface area contributed by atoms with Gasteiger partial charge in [-0.1, -0.05) is 0 Å². The van der Waals surface area contributed by atoms with E-state index in [1.807, 2.05) is 0 Å². The van der Waals surface area contributed by atoms with Crippen LogP contribution >= 0.6 is 15.9 Å². The third kappa shape index (κ3) is 3.20. The highest BCUT2D eigenvalue weighted by molar-refractivity contribution is 9.10. The molecular formula is C16H23BrN2O2. The third-order valence-electron chi connectivity index (χ3n) is 4.42. The molecule has 1 N–H and O–H groups in total. The van der Waals surface area contributed by atoms with Crippen molar-refractivity contribution in [1.29, 1.82) is 0 Å². The molecule has 0 unspecified atom stereocenters. The van der Waals surface area contributed by atoms with Crippen LogP contribution in [0.15, 0.2) is 16.6 Å². The molecule has 2 fully saturated rings. The van der Waals surface area contributed by atoms with Gasteiger partial charge in [0.2, 0.25) is 0 Å². The molecule has 1 aromatic rings. The van der Waals surface area contributed by atoms with Crippen LogP contribution in [0.3, 0.4) is 0 Å². The Balaban J connectivity index is 1.94. The molecule has 1 saturated carbocycles. The molecule has 5 heteroatoms. The minimum Gasteiger partial charge on any atom is -0.495 e. The summed E-state index contributed by atoms with van der Waals surface area (Å²) in [6, 6.07) is 4.82. The van der Waals surface area contributed by atoms with Gasteiger partial charge in [-0.2, -0.15) is 0 Å². The summed E-state index contributed by atoms with van der Waals surface area (Å²) in [5.74, 6) is 2.48. The molecule has 1 saturated heterocycles. The maximum absolute atomic E-state index is 5.51. The van der Waals surface area contributed by atoms with Crippen molar-refractivity contribution >= 4 is 15.9 Å². The van der Waals surface area contributed by atoms with Gasteiger partial charge in [-0.05, 0) is 52.4 Å². The van der Waals surface area contributed by atoms with E-state index in [9.17, 15) is 0 Å². The predicted molar refractivity (Wildman–Crippen MR) is 87.2 cm³/mol. The van der Waals surface area contributed by atoms with Crippen LogP contribution in [-0.4, -0.2) is 45.3 Å². The van der Waals surface area contributed by atoms with E-state index in [2.05, 4.69) is 38.3 Å². The fourth-order valence-corrected chi connectivity index (χ4v) is 3.77. The lowest BCUT2D eigenvalue weighted by molar-refractivity contribution is 0.155. The van der Waals surface area contributed by atoms with Gasteiger partial charge >= 0.3 is 0 Å². The molecule has 0 aromatic heterocycles. The van der Waals surface area contributed by atoms with E-state index in [0.717, 1.165) is 48.1 Å². The molecule has 0 spiro atoms. The maximum Gasteiger partial charge on any atom is 0.137 e. The first-order chi connectivity index (χ1) is 10.2. The van der Waals surface area contributed by atoms with Gasteiger partial charge < -0.3 is 14.8 Å². The maximum atomic E-state index is 5.51. The monoisotopic (exact) mass is 354 g/mol. The van der Waals surface area contributed by atoms with Crippen LogP contribution in [0.5, 0.6) is 11.5 Å². The zero-order valence-corrected chi connectivity index (χ0v) is 14.3. The molecule has 0 bridgehead atoms. The average molecular weight is 355 g/mol. The Bertz CT molecular complexity index is 474. The van der Waals surface area contributed by atoms with Gasteiger partial charge in [0.1, 0.15) is 16.0 Å². The normalized spacial score (nSPS) is 21.1. The Morgan fingerprint density at radius 1 is 1.14 bits per heavy atom. The lowest BCUT2D eigenvalue weighted by atomic mass is 9.99. The molecule has 4 nitrogen and oxygen atoms in total. The predicted octanol–water partition coefficient (Wildman–Crippen LogP) is 2.82. The van der Waals surface area contributed by atoms with Gasteiger partial charge in [0.15, 0.2) is 0 Å². The number of hydrogen-bond acceptors (Lipinski definition) is 4. The van der Waals surface area contributed by atoms with Crippen molar-refractivity contribution in [2.45, 2.75) is 18.9 Å². The first-order valence-corrected chi connectivity index (χ1v) is 8.40. The molecule has 0 amide bonds. The van der Waals surface area contributed by atoms with E-state index in [4.69, 9.17) is 9.47 Å². The number of rotatable bonds is 5. The van der Waals surface area contributed by atoms with Crippen LogP contribution in [0.2, 0.25) is 0 Å². The Morgan fingerprint density at radius 2 is 1.71 bits per heavy atom. The highest BCUT2D eigenvalue weighted by Crippen LogP contribution is 2.47. The van der Waals surface area contributed by atoms with Crippen LogP contribution in [0.4, 0.5) is 0 Å². The summed E-state index contributed by atoms with van der Waals surface area (Å²) in [5, 5.41) is 3.44. The number of piperazine rings is 1. The molecule has 1 heterocycles. The second-order valence-corrected chi connectivity index (χ2v) is 6.60. The van der Waals surface area contributed by atoms with Crippen molar-refractivity contribution in [1.82, 2.24) is 10.2 Å². The summed E-state index contributed by atoms with van der Waals surface area (Å²) < 4.78 is 11.9. The number of halogens is 1. The molecule has 21 heavy (non-hydrogen) atoms. The fourth-order valence-electron chi connectivity index (χ4n) is 3.21. The second-order valence-electron chi connectivity index (χ2n) is 5.81. The Labute approximate surface area is 134 Å². The topological polar surface area (TPSA) is 33.7 Å². The van der Waals surface area contributed by atoms with E-state index < -0.39 is 0 Å². The number of nitrogens with zero attached hydrogens (tertiary/aromatic N) is 1. The van der Waals surface area contributed by atoms with Crippen molar-refractivity contribution < 1.29 is 9.47 Å². The zero-order chi connectivity index (χ0) is 14.8. The molecule has 0 radical (unpaired) electrons. The Morgan fingerprint density at radius 3 is 2.19 bits per heavy atom. The number of ether oxygens (including phenoxy) is 2. The van der Waals surface area contributed by atoms with Crippen LogP contribution in [0, 0.1) is 5.92 Å². The minimum absolute atomic E-state index is 0.489. The van der Waals surface area contributed by atoms with Crippen molar-refractivity contribution in [3.8, 4) is 11.5 Å². The first kappa shape index (κ1) is 15.1. The molecule has 1 aromatic carbocycles. The molecule has 3 rings (SSSR count). The van der Waals surface area contributed by atoms with Crippen molar-refractivity contribution in [2.75, 3.05) is 40.4 Å². The van der Waals surface area contributed by atoms with Gasteiger partial charge in [-0.3, -0.25) is 4.90 Å². The zero-order valence-electron chi connectivity index (χ0n) is 12.7. The number of nitrogens with one attached hydrogen (secondary N) is 1. The fraction of sp³-hybridized carbons (Fsp3) is 0.625. The smallest absolute Gasteiger partial charge is 0.137 e. The van der Waals surface area contributed by atoms with Crippen molar-refractivity contribution in [3.05, 3.63) is 22.2 Å². The summed E-state index contributed by atoms with van der Waals surface area (Å²) in [6.45, 7) is 4.38. The highest BCUT2D eigenvalue weighted by atomic mass is 79.9. The number of benzene rings is 1. The lowest BCUT2D eigenvalue weighted by Crippen LogP contribution is -2.45. The largest absolute Gasteiger partial charge is 0.495 e. The summed E-state index contributed by atoms with van der Waals surface area (Å²) >= 11 is 3.56. The summed E-state index contributed by atoms with van der Waals surface area (Å²) in [5.41, 5.74) is 1.32. The average Bonchev–Trinajstić information content (AvgIpc) is 3.34. The van der Waals surface area contributed by atoms with E-state index in [1.54, 1.807) is 14.2 Å². The van der Waals surface area contributed by atoms with Gasteiger partial charge in [-0.15, -0.1) is 0 Å². The van der Waals surface area contributed by atoms with E-state index in [0.29, 0.717) is 6.04 Å². The van der Waals surface area contributed by atoms with Gasteiger partial charge in [0, 0.05) is 32.2 Å². The molecular weight excluding hydrogens is 332 g/mol. The quantitative estimate of drug-likeness (QED) is 0.881. The standard InChI is InChI=1S/C16H23BrN2O2/c1-20-13-9-12(10-14(21-2)15(13)17)16(11-3-4-11)19-7-5-18-6-8-19/h9-11,16,18H,3-8H2,1-2H3/t16-/m1/s1. The molecule has 1 aliphatic carbocycles. The summed E-state index contributed by atoms with van der Waals surface area (Å²) in [7, 11) is 3.42. The molecule has 1 atom stereocenters. The highest BCUT2D eigenvalue weighted by Gasteiger charge is 2.37. The van der Waals surface area contributed by atoms with Gasteiger partial charge in [0.05, 0.1) is 14.2 Å². The number of methoxy groups -OCH3 is 2. The lowest BCUT2D eigenvalue weighted by Gasteiger charge is -2.35. The van der Waals surface area contributed by atoms with Crippen molar-refractivity contribution in [2.24, 2.45) is 5.92 Å². The van der Waals surface area contributed by atoms with E-state index in [-0.39, 0.29) is 0 Å². The minimum atomic E-state index is 0.489. The summed E-state index contributed by atoms with van der Waals surface area (Å²) in [4.78, 5) is 2.61. The summed E-state index contributed by atoms with van der Waals surface area (Å²) in [6.07, 6.45) is 2.66. The SMILES string of the molecule is COc1cc([C@@H](C2CC2)N2CCNCC2)cc(OC)c1Br. The van der Waals surface area contributed by atoms with E-state index >= 15 is 0 Å². The van der Waals surface area contributed by atoms with Crippen LogP contribution in [-0.2, 0) is 0 Å². The Kier molecular flexibility index (Phi) is 4.72. The van der Waals surface area contributed by atoms with Crippen molar-refractivity contribution in [3.63, 3.8) is 0 Å².